The van der Waals surface area contributed by atoms with E-state index in [9.17, 15) is 4.79 Å². The maximum Gasteiger partial charge on any atom is 0.220 e. The molecule has 0 saturated heterocycles. The lowest BCUT2D eigenvalue weighted by atomic mass is 9.34. The van der Waals surface area contributed by atoms with Gasteiger partial charge in [-0.2, -0.15) is 0 Å². The second kappa shape index (κ2) is 7.98. The normalized spacial score (nSPS) is 43.8. The van der Waals surface area contributed by atoms with E-state index in [4.69, 9.17) is 10.5 Å². The number of hydrogen-bond acceptors (Lipinski definition) is 3. The number of nitrogens with two attached hydrogens (primary N) is 1. The van der Waals surface area contributed by atoms with Gasteiger partial charge in [0.1, 0.15) is 0 Å². The Kier molecular flexibility index (Phi) is 5.68. The Labute approximate surface area is 219 Å². The molecular formula is C33H47NO2. The summed E-state index contributed by atoms with van der Waals surface area (Å²) in [4.78, 5) is 13.2. The molecule has 36 heavy (non-hydrogen) atoms. The van der Waals surface area contributed by atoms with Crippen LogP contribution in [0.4, 0.5) is 0 Å². The van der Waals surface area contributed by atoms with Crippen LogP contribution in [0.15, 0.2) is 58.6 Å². The third kappa shape index (κ3) is 3.33. The fourth-order valence-electron chi connectivity index (χ4n) is 9.55. The maximum atomic E-state index is 13.2. The summed E-state index contributed by atoms with van der Waals surface area (Å²) in [5.41, 5.74) is 12.8. The highest BCUT2D eigenvalue weighted by Crippen LogP contribution is 2.75. The monoisotopic (exact) mass is 489 g/mol. The first-order valence-electron chi connectivity index (χ1n) is 14.2. The van der Waals surface area contributed by atoms with Crippen molar-refractivity contribution >= 4 is 5.78 Å². The second-order valence-corrected chi connectivity index (χ2v) is 14.1. The van der Waals surface area contributed by atoms with Crippen LogP contribution >= 0.6 is 0 Å². The summed E-state index contributed by atoms with van der Waals surface area (Å²) < 4.78 is 5.77. The van der Waals surface area contributed by atoms with Gasteiger partial charge < -0.3 is 10.5 Å². The Hall–Kier alpha value is -2.03. The molecule has 5 rings (SSSR count). The molecule has 6 atom stereocenters. The van der Waals surface area contributed by atoms with Gasteiger partial charge in [-0.1, -0.05) is 58.9 Å². The van der Waals surface area contributed by atoms with Crippen molar-refractivity contribution in [2.45, 2.75) is 99.8 Å². The summed E-state index contributed by atoms with van der Waals surface area (Å²) >= 11 is 0. The van der Waals surface area contributed by atoms with Crippen LogP contribution in [-0.2, 0) is 9.53 Å². The molecule has 5 aliphatic rings. The molecule has 0 unspecified atom stereocenters. The summed E-state index contributed by atoms with van der Waals surface area (Å²) in [7, 11) is 0. The van der Waals surface area contributed by atoms with E-state index in [1.807, 2.05) is 13.0 Å². The van der Waals surface area contributed by atoms with Crippen molar-refractivity contribution in [1.29, 1.82) is 0 Å². The van der Waals surface area contributed by atoms with Crippen LogP contribution in [0.25, 0.3) is 0 Å². The summed E-state index contributed by atoms with van der Waals surface area (Å²) in [5.74, 6) is 1.21. The largest absolute Gasteiger partial charge is 0.489 e. The molecule has 0 aromatic carbocycles. The predicted octanol–water partition coefficient (Wildman–Crippen LogP) is 7.95. The third-order valence-corrected chi connectivity index (χ3v) is 11.9. The molecule has 3 fully saturated rings. The number of allylic oxidation sites excluding steroid dienone is 8. The molecule has 5 aliphatic carbocycles. The Morgan fingerprint density at radius 2 is 1.75 bits per heavy atom. The molecule has 196 valence electrons. The van der Waals surface area contributed by atoms with Crippen molar-refractivity contribution in [2.24, 2.45) is 38.7 Å². The quantitative estimate of drug-likeness (QED) is 0.436. The number of carbonyl (C=O) groups is 1. The molecule has 3 heteroatoms. The lowest BCUT2D eigenvalue weighted by molar-refractivity contribution is -0.161. The van der Waals surface area contributed by atoms with Crippen LogP contribution in [0, 0.1) is 33.0 Å². The number of ketones is 1. The fourth-order valence-corrected chi connectivity index (χ4v) is 9.55. The predicted molar refractivity (Wildman–Crippen MR) is 148 cm³/mol. The maximum absolute atomic E-state index is 13.2. The standard InChI is InChI=1S/C33H47NO2/c1-9-36-28-22(3)23-10-11-26-31(6,24(23)18-25(28)35)15-17-33(8)27-20-29(4,19-21(2)34)12-13-30(27,5)14-16-32(26,33)7/h10-11,18,27H,2,9,12-17,19-20,34H2,1,3-8H3/t27-,29+,30-,31+,32-,33+/m1/s1. The van der Waals surface area contributed by atoms with Crippen LogP contribution in [0.1, 0.15) is 99.8 Å². The average molecular weight is 490 g/mol. The van der Waals surface area contributed by atoms with Crippen LogP contribution in [-0.4, -0.2) is 12.4 Å². The van der Waals surface area contributed by atoms with Crippen molar-refractivity contribution in [2.75, 3.05) is 6.61 Å². The van der Waals surface area contributed by atoms with Gasteiger partial charge >= 0.3 is 0 Å². The first kappa shape index (κ1) is 25.6. The molecule has 0 bridgehead atoms. The first-order valence-corrected chi connectivity index (χ1v) is 14.2. The van der Waals surface area contributed by atoms with Gasteiger partial charge in [0.15, 0.2) is 5.76 Å². The van der Waals surface area contributed by atoms with E-state index < -0.39 is 0 Å². The smallest absolute Gasteiger partial charge is 0.220 e. The number of fused-ring (bicyclic) bond motifs is 7. The molecule has 0 heterocycles. The number of hydrogen-bond donors (Lipinski definition) is 1. The molecule has 0 amide bonds. The number of carbonyl (C=O) groups excluding carboxylic acids is 1. The van der Waals surface area contributed by atoms with Gasteiger partial charge in [-0.3, -0.25) is 4.79 Å². The van der Waals surface area contributed by atoms with Gasteiger partial charge in [-0.25, -0.2) is 0 Å². The molecular weight excluding hydrogens is 442 g/mol. The zero-order chi connectivity index (χ0) is 26.3. The molecule has 0 aliphatic heterocycles. The Morgan fingerprint density at radius 1 is 1.06 bits per heavy atom. The topological polar surface area (TPSA) is 52.3 Å². The van der Waals surface area contributed by atoms with Crippen molar-refractivity contribution < 1.29 is 9.53 Å². The van der Waals surface area contributed by atoms with E-state index in [0.29, 0.717) is 23.7 Å². The zero-order valence-corrected chi connectivity index (χ0v) is 23.8. The van der Waals surface area contributed by atoms with Gasteiger partial charge in [0.05, 0.1) is 6.61 Å². The van der Waals surface area contributed by atoms with Crippen LogP contribution in [0.2, 0.25) is 0 Å². The highest BCUT2D eigenvalue weighted by atomic mass is 16.5. The van der Waals surface area contributed by atoms with Crippen molar-refractivity contribution in [3.8, 4) is 0 Å². The van der Waals surface area contributed by atoms with Crippen LogP contribution in [0.3, 0.4) is 0 Å². The summed E-state index contributed by atoms with van der Waals surface area (Å²) in [6.07, 6.45) is 16.1. The molecule has 0 radical (unpaired) electrons. The summed E-state index contributed by atoms with van der Waals surface area (Å²) in [6, 6.07) is 0. The highest BCUT2D eigenvalue weighted by Gasteiger charge is 2.66. The molecule has 3 saturated carbocycles. The van der Waals surface area contributed by atoms with Crippen molar-refractivity contribution in [1.82, 2.24) is 0 Å². The second-order valence-electron chi connectivity index (χ2n) is 14.1. The first-order chi connectivity index (χ1) is 16.7. The molecule has 0 spiro atoms. The van der Waals surface area contributed by atoms with E-state index in [1.165, 1.54) is 49.7 Å². The van der Waals surface area contributed by atoms with Gasteiger partial charge in [0.2, 0.25) is 5.78 Å². The van der Waals surface area contributed by atoms with E-state index >= 15 is 0 Å². The minimum absolute atomic E-state index is 0.0312. The number of ether oxygens (including phenoxy) is 1. The van der Waals surface area contributed by atoms with Gasteiger partial charge in [-0.05, 0) is 110 Å². The average Bonchev–Trinajstić information content (AvgIpc) is 2.80. The highest BCUT2D eigenvalue weighted by molar-refractivity contribution is 6.07. The van der Waals surface area contributed by atoms with Crippen molar-refractivity contribution in [3.63, 3.8) is 0 Å². The summed E-state index contributed by atoms with van der Waals surface area (Å²) in [5, 5.41) is 0. The zero-order valence-electron chi connectivity index (χ0n) is 23.8. The molecule has 0 aromatic rings. The fraction of sp³-hybridized carbons (Fsp3) is 0.667. The lowest BCUT2D eigenvalue weighted by Gasteiger charge is -2.70. The minimum atomic E-state index is -0.107. The van der Waals surface area contributed by atoms with Crippen LogP contribution < -0.4 is 5.73 Å². The molecule has 2 N–H and O–H groups in total. The molecule has 3 nitrogen and oxygen atoms in total. The minimum Gasteiger partial charge on any atom is -0.489 e. The van der Waals surface area contributed by atoms with E-state index in [0.717, 1.165) is 24.1 Å². The summed E-state index contributed by atoms with van der Waals surface area (Å²) in [6.45, 7) is 21.2. The Bertz CT molecular complexity index is 1150. The third-order valence-electron chi connectivity index (χ3n) is 11.9. The van der Waals surface area contributed by atoms with E-state index in [2.05, 4.69) is 60.3 Å². The lowest BCUT2D eigenvalue weighted by Crippen LogP contribution is -2.61. The van der Waals surface area contributed by atoms with E-state index in [-0.39, 0.29) is 27.4 Å². The van der Waals surface area contributed by atoms with Crippen molar-refractivity contribution in [3.05, 3.63) is 58.6 Å². The van der Waals surface area contributed by atoms with E-state index in [1.54, 1.807) is 5.57 Å². The molecule has 0 aromatic heterocycles. The van der Waals surface area contributed by atoms with Gasteiger partial charge in [-0.15, -0.1) is 0 Å². The SMILES string of the molecule is C=C(N)C[C@]1(C)CC[C@]2(C)CC[C@]3(C)C4=CC=C5C(=CC(=O)C(OCC)=C5C)[C@]4(C)CC[C@@]3(C)[C@@H]2C1. The van der Waals surface area contributed by atoms with Gasteiger partial charge in [0, 0.05) is 16.7 Å². The van der Waals surface area contributed by atoms with Gasteiger partial charge in [0.25, 0.3) is 0 Å². The van der Waals surface area contributed by atoms with Crippen LogP contribution in [0.5, 0.6) is 0 Å². The Balaban J connectivity index is 1.60. The number of rotatable bonds is 4. The Morgan fingerprint density at radius 3 is 2.42 bits per heavy atom.